The van der Waals surface area contributed by atoms with E-state index in [0.29, 0.717) is 19.0 Å². The van der Waals surface area contributed by atoms with Crippen molar-refractivity contribution in [1.82, 2.24) is 20.4 Å². The molecule has 0 saturated carbocycles. The van der Waals surface area contributed by atoms with Crippen LogP contribution in [0.15, 0.2) is 47.7 Å². The second-order valence-electron chi connectivity index (χ2n) is 7.58. The van der Waals surface area contributed by atoms with Gasteiger partial charge in [0.05, 0.1) is 19.3 Å². The van der Waals surface area contributed by atoms with Gasteiger partial charge in [-0.05, 0) is 32.3 Å². The molecule has 1 unspecified atom stereocenters. The van der Waals surface area contributed by atoms with Crippen LogP contribution >= 0.6 is 0 Å². The van der Waals surface area contributed by atoms with Gasteiger partial charge in [-0.25, -0.2) is 0 Å². The first-order valence-corrected chi connectivity index (χ1v) is 10.2. The Balaban J connectivity index is 2.14. The summed E-state index contributed by atoms with van der Waals surface area (Å²) in [5, 5.41) is 21.6. The average Bonchev–Trinajstić information content (AvgIpc) is 3.15. The van der Waals surface area contributed by atoms with E-state index in [1.165, 1.54) is 5.56 Å². The quantitative estimate of drug-likeness (QED) is 0.458. The third-order valence-corrected chi connectivity index (χ3v) is 5.55. The van der Waals surface area contributed by atoms with Gasteiger partial charge in [0.15, 0.2) is 5.96 Å². The van der Waals surface area contributed by atoms with Crippen molar-refractivity contribution < 1.29 is 5.11 Å². The van der Waals surface area contributed by atoms with Crippen LogP contribution in [-0.2, 0) is 18.1 Å². The minimum atomic E-state index is -1.03. The third kappa shape index (κ3) is 5.35. The Kier molecular flexibility index (Phi) is 7.63. The molecule has 154 valence electrons. The maximum atomic E-state index is 10.8. The van der Waals surface area contributed by atoms with Gasteiger partial charge < -0.3 is 15.7 Å². The largest absolute Gasteiger partial charge is 0.383 e. The van der Waals surface area contributed by atoms with Gasteiger partial charge >= 0.3 is 0 Å². The number of nitrogens with zero attached hydrogens (tertiary/aromatic N) is 3. The summed E-state index contributed by atoms with van der Waals surface area (Å²) in [5.74, 6) is 0.717. The molecule has 0 radical (unpaired) electrons. The van der Waals surface area contributed by atoms with Crippen molar-refractivity contribution in [2.75, 3.05) is 19.6 Å². The van der Waals surface area contributed by atoms with E-state index < -0.39 is 5.60 Å². The smallest absolute Gasteiger partial charge is 0.191 e. The van der Waals surface area contributed by atoms with Crippen molar-refractivity contribution in [2.45, 2.75) is 51.6 Å². The molecule has 2 rings (SSSR count). The van der Waals surface area contributed by atoms with Crippen LogP contribution in [0.2, 0.25) is 0 Å². The Hall–Kier alpha value is -2.34. The number of aliphatic hydroxyl groups is 1. The van der Waals surface area contributed by atoms with Crippen LogP contribution in [0.25, 0.3) is 0 Å². The molecular weight excluding hydrogens is 350 g/mol. The molecular formula is C22H35N5O. The second kappa shape index (κ2) is 9.73. The van der Waals surface area contributed by atoms with E-state index in [-0.39, 0.29) is 5.41 Å². The number of hydrogen-bond acceptors (Lipinski definition) is 3. The van der Waals surface area contributed by atoms with E-state index in [2.05, 4.69) is 59.9 Å². The molecule has 0 amide bonds. The van der Waals surface area contributed by atoms with Gasteiger partial charge in [-0.15, -0.1) is 0 Å². The number of nitrogens with one attached hydrogen (secondary N) is 2. The number of aliphatic imine (C=N–C) groups is 1. The summed E-state index contributed by atoms with van der Waals surface area (Å²) in [5.41, 5.74) is 1.08. The SMILES string of the molecule is CCNC(=NCC(CC)(CC)c1ccccc1)NCC(C)(O)c1cnn(C)c1. The molecule has 0 spiro atoms. The summed E-state index contributed by atoms with van der Waals surface area (Å²) in [4.78, 5) is 4.87. The van der Waals surface area contributed by atoms with Gasteiger partial charge in [0.2, 0.25) is 0 Å². The maximum absolute atomic E-state index is 10.8. The molecule has 2 aromatic rings. The van der Waals surface area contributed by atoms with E-state index in [9.17, 15) is 5.11 Å². The van der Waals surface area contributed by atoms with Crippen molar-refractivity contribution in [3.8, 4) is 0 Å². The number of benzene rings is 1. The van der Waals surface area contributed by atoms with Gasteiger partial charge in [-0.1, -0.05) is 44.2 Å². The molecule has 1 aromatic carbocycles. The molecule has 0 bridgehead atoms. The minimum absolute atomic E-state index is 0.00940. The Morgan fingerprint density at radius 2 is 1.79 bits per heavy atom. The van der Waals surface area contributed by atoms with Crippen LogP contribution in [0.3, 0.4) is 0 Å². The molecule has 28 heavy (non-hydrogen) atoms. The fourth-order valence-corrected chi connectivity index (χ4v) is 3.39. The predicted octanol–water partition coefficient (Wildman–Crippen LogP) is 2.94. The zero-order valence-electron chi connectivity index (χ0n) is 17.9. The van der Waals surface area contributed by atoms with Gasteiger partial charge in [-0.2, -0.15) is 5.10 Å². The zero-order valence-corrected chi connectivity index (χ0v) is 17.9. The van der Waals surface area contributed by atoms with Crippen LogP contribution in [0, 0.1) is 0 Å². The van der Waals surface area contributed by atoms with Crippen molar-refractivity contribution in [1.29, 1.82) is 0 Å². The van der Waals surface area contributed by atoms with E-state index in [4.69, 9.17) is 4.99 Å². The Labute approximate surface area is 169 Å². The molecule has 1 heterocycles. The number of guanidine groups is 1. The van der Waals surface area contributed by atoms with Crippen molar-refractivity contribution in [3.63, 3.8) is 0 Å². The highest BCUT2D eigenvalue weighted by atomic mass is 16.3. The van der Waals surface area contributed by atoms with E-state index in [1.807, 2.05) is 20.2 Å². The normalized spacial score (nSPS) is 14.6. The first-order valence-electron chi connectivity index (χ1n) is 10.2. The fourth-order valence-electron chi connectivity index (χ4n) is 3.39. The molecule has 0 saturated heterocycles. The van der Waals surface area contributed by atoms with Gasteiger partial charge in [0.1, 0.15) is 5.60 Å². The van der Waals surface area contributed by atoms with Gasteiger partial charge in [0, 0.05) is 30.8 Å². The predicted molar refractivity (Wildman–Crippen MR) is 115 cm³/mol. The molecule has 0 fully saturated rings. The Morgan fingerprint density at radius 1 is 1.11 bits per heavy atom. The standard InChI is InChI=1S/C22H35N5O/c1-6-22(7-2,18-12-10-9-11-13-18)17-25-20(23-8-3)24-16-21(4,28)19-14-26-27(5)15-19/h9-15,28H,6-8,16-17H2,1-5H3,(H2,23,24,25). The number of rotatable bonds is 9. The zero-order chi connectivity index (χ0) is 20.6. The minimum Gasteiger partial charge on any atom is -0.383 e. The summed E-state index contributed by atoms with van der Waals surface area (Å²) in [6.45, 7) is 10.1. The molecule has 3 N–H and O–H groups in total. The molecule has 1 aromatic heterocycles. The number of aromatic nitrogens is 2. The van der Waals surface area contributed by atoms with Gasteiger partial charge in [-0.3, -0.25) is 9.67 Å². The second-order valence-corrected chi connectivity index (χ2v) is 7.58. The van der Waals surface area contributed by atoms with E-state index in [1.54, 1.807) is 17.8 Å². The van der Waals surface area contributed by atoms with Crippen molar-refractivity contribution in [3.05, 3.63) is 53.9 Å². The van der Waals surface area contributed by atoms with Crippen LogP contribution in [0.5, 0.6) is 0 Å². The molecule has 1 atom stereocenters. The van der Waals surface area contributed by atoms with Crippen molar-refractivity contribution >= 4 is 5.96 Å². The molecule has 0 aliphatic heterocycles. The Morgan fingerprint density at radius 3 is 2.32 bits per heavy atom. The lowest BCUT2D eigenvalue weighted by Gasteiger charge is -2.31. The molecule has 0 aliphatic rings. The first-order chi connectivity index (χ1) is 13.4. The number of aryl methyl sites for hydroxylation is 1. The van der Waals surface area contributed by atoms with Crippen LogP contribution < -0.4 is 10.6 Å². The third-order valence-electron chi connectivity index (χ3n) is 5.55. The van der Waals surface area contributed by atoms with Crippen LogP contribution in [-0.4, -0.2) is 40.5 Å². The average molecular weight is 386 g/mol. The maximum Gasteiger partial charge on any atom is 0.191 e. The molecule has 0 aliphatic carbocycles. The highest BCUT2D eigenvalue weighted by Crippen LogP contribution is 2.32. The molecule has 6 nitrogen and oxygen atoms in total. The summed E-state index contributed by atoms with van der Waals surface area (Å²) in [7, 11) is 1.84. The van der Waals surface area contributed by atoms with E-state index >= 15 is 0 Å². The summed E-state index contributed by atoms with van der Waals surface area (Å²) in [6, 6.07) is 10.6. The van der Waals surface area contributed by atoms with Crippen molar-refractivity contribution in [2.24, 2.45) is 12.0 Å². The molecule has 6 heteroatoms. The van der Waals surface area contributed by atoms with Crippen LogP contribution in [0.4, 0.5) is 0 Å². The lowest BCUT2D eigenvalue weighted by molar-refractivity contribution is 0.0616. The fraction of sp³-hybridized carbons (Fsp3) is 0.545. The van der Waals surface area contributed by atoms with Gasteiger partial charge in [0.25, 0.3) is 0 Å². The van der Waals surface area contributed by atoms with E-state index in [0.717, 1.165) is 24.9 Å². The summed E-state index contributed by atoms with van der Waals surface area (Å²) >= 11 is 0. The number of hydrogen-bond donors (Lipinski definition) is 3. The Bertz CT molecular complexity index is 747. The highest BCUT2D eigenvalue weighted by Gasteiger charge is 2.29. The lowest BCUT2D eigenvalue weighted by Crippen LogP contribution is -2.45. The highest BCUT2D eigenvalue weighted by molar-refractivity contribution is 5.79. The monoisotopic (exact) mass is 385 g/mol. The topological polar surface area (TPSA) is 74.5 Å². The summed E-state index contributed by atoms with van der Waals surface area (Å²) in [6.07, 6.45) is 5.56. The first kappa shape index (κ1) is 22.0. The van der Waals surface area contributed by atoms with Crippen LogP contribution in [0.1, 0.15) is 51.7 Å². The summed E-state index contributed by atoms with van der Waals surface area (Å²) < 4.78 is 1.69. The lowest BCUT2D eigenvalue weighted by atomic mass is 9.76.